The van der Waals surface area contributed by atoms with E-state index in [1.54, 1.807) is 0 Å². The molecule has 0 radical (unpaired) electrons. The minimum Gasteiger partial charge on any atom is -0.492 e. The van der Waals surface area contributed by atoms with Crippen molar-refractivity contribution < 1.29 is 9.84 Å². The van der Waals surface area contributed by atoms with Crippen molar-refractivity contribution in [3.8, 4) is 5.75 Å². The first-order valence-electron chi connectivity index (χ1n) is 7.81. The first kappa shape index (κ1) is 15.3. The van der Waals surface area contributed by atoms with E-state index in [1.165, 1.54) is 18.4 Å². The molecule has 0 saturated heterocycles. The number of hydrogen-bond donors (Lipinski definition) is 2. The van der Waals surface area contributed by atoms with E-state index in [2.05, 4.69) is 31.3 Å². The summed E-state index contributed by atoms with van der Waals surface area (Å²) in [4.78, 5) is 0. The van der Waals surface area contributed by atoms with E-state index in [0.29, 0.717) is 12.5 Å². The number of aliphatic hydroxyl groups excluding tert-OH is 1. The molecule has 1 unspecified atom stereocenters. The highest BCUT2D eigenvalue weighted by atomic mass is 16.5. The second-order valence-corrected chi connectivity index (χ2v) is 5.80. The number of ether oxygens (including phenoxy) is 1. The van der Waals surface area contributed by atoms with Gasteiger partial charge in [-0.3, -0.25) is 0 Å². The van der Waals surface area contributed by atoms with E-state index in [9.17, 15) is 5.11 Å². The Labute approximate surface area is 122 Å². The summed E-state index contributed by atoms with van der Waals surface area (Å²) in [5, 5.41) is 13.4. The maximum Gasteiger partial charge on any atom is 0.119 e. The Morgan fingerprint density at radius 1 is 1.35 bits per heavy atom. The monoisotopic (exact) mass is 277 g/mol. The van der Waals surface area contributed by atoms with Gasteiger partial charge in [-0.2, -0.15) is 0 Å². The van der Waals surface area contributed by atoms with Crippen LogP contribution in [0, 0.1) is 5.92 Å². The molecule has 20 heavy (non-hydrogen) atoms. The van der Waals surface area contributed by atoms with Crippen LogP contribution in [0.3, 0.4) is 0 Å². The SMILES string of the molecule is CCCNC(CO)(COc1cccc(CC)c1)C1CC1. The Morgan fingerprint density at radius 3 is 2.75 bits per heavy atom. The third-order valence-corrected chi connectivity index (χ3v) is 4.17. The highest BCUT2D eigenvalue weighted by molar-refractivity contribution is 5.28. The topological polar surface area (TPSA) is 41.5 Å². The standard InChI is InChI=1S/C17H27NO2/c1-3-10-18-17(12-19,15-8-9-15)13-20-16-7-5-6-14(4-2)11-16/h5-7,11,15,18-19H,3-4,8-10,12-13H2,1-2H3. The van der Waals surface area contributed by atoms with Crippen molar-refractivity contribution in [2.45, 2.75) is 45.1 Å². The number of hydrogen-bond acceptors (Lipinski definition) is 3. The molecule has 0 aliphatic heterocycles. The van der Waals surface area contributed by atoms with E-state index in [4.69, 9.17) is 4.74 Å². The maximum atomic E-state index is 9.85. The van der Waals surface area contributed by atoms with Crippen LogP contribution in [-0.2, 0) is 6.42 Å². The Morgan fingerprint density at radius 2 is 2.15 bits per heavy atom. The zero-order valence-corrected chi connectivity index (χ0v) is 12.7. The maximum absolute atomic E-state index is 9.85. The van der Waals surface area contributed by atoms with Gasteiger partial charge in [-0.1, -0.05) is 26.0 Å². The molecular formula is C17H27NO2. The van der Waals surface area contributed by atoms with Crippen LogP contribution in [-0.4, -0.2) is 30.4 Å². The number of aryl methyl sites for hydroxylation is 1. The summed E-state index contributed by atoms with van der Waals surface area (Å²) in [6.07, 6.45) is 4.46. The predicted molar refractivity (Wildman–Crippen MR) is 82.1 cm³/mol. The zero-order chi connectivity index (χ0) is 14.4. The third-order valence-electron chi connectivity index (χ3n) is 4.17. The lowest BCUT2D eigenvalue weighted by Crippen LogP contribution is -2.55. The summed E-state index contributed by atoms with van der Waals surface area (Å²) in [5.74, 6) is 1.45. The van der Waals surface area contributed by atoms with Gasteiger partial charge < -0.3 is 15.2 Å². The molecule has 0 heterocycles. The number of benzene rings is 1. The van der Waals surface area contributed by atoms with Crippen LogP contribution in [0.1, 0.15) is 38.7 Å². The van der Waals surface area contributed by atoms with Crippen LogP contribution in [0.4, 0.5) is 0 Å². The van der Waals surface area contributed by atoms with Crippen LogP contribution in [0.5, 0.6) is 5.75 Å². The minimum atomic E-state index is -0.266. The summed E-state index contributed by atoms with van der Waals surface area (Å²) in [5.41, 5.74) is 1.02. The first-order chi connectivity index (χ1) is 9.74. The lowest BCUT2D eigenvalue weighted by molar-refractivity contribution is 0.0850. The van der Waals surface area contributed by atoms with Gasteiger partial charge in [0.15, 0.2) is 0 Å². The van der Waals surface area contributed by atoms with Crippen LogP contribution < -0.4 is 10.1 Å². The molecule has 0 amide bonds. The number of aliphatic hydroxyl groups is 1. The van der Waals surface area contributed by atoms with E-state index in [-0.39, 0.29) is 12.1 Å². The van der Waals surface area contributed by atoms with Crippen LogP contribution in [0.25, 0.3) is 0 Å². The molecule has 1 aliphatic carbocycles. The molecule has 0 spiro atoms. The highest BCUT2D eigenvalue weighted by Crippen LogP contribution is 2.40. The van der Waals surface area contributed by atoms with Gasteiger partial charge >= 0.3 is 0 Å². The fourth-order valence-electron chi connectivity index (χ4n) is 2.62. The summed E-state index contributed by atoms with van der Waals surface area (Å²) in [7, 11) is 0. The van der Waals surface area contributed by atoms with Crippen LogP contribution in [0.2, 0.25) is 0 Å². The summed E-state index contributed by atoms with van der Waals surface area (Å²) >= 11 is 0. The zero-order valence-electron chi connectivity index (χ0n) is 12.7. The second kappa shape index (κ2) is 7.09. The molecule has 2 rings (SSSR count). The molecule has 3 nitrogen and oxygen atoms in total. The van der Waals surface area contributed by atoms with Crippen molar-refractivity contribution in [1.29, 1.82) is 0 Å². The molecule has 0 bridgehead atoms. The van der Waals surface area contributed by atoms with Gasteiger partial charge in [0.1, 0.15) is 12.4 Å². The molecule has 1 saturated carbocycles. The fourth-order valence-corrected chi connectivity index (χ4v) is 2.62. The molecular weight excluding hydrogens is 250 g/mol. The normalized spacial score (nSPS) is 17.8. The van der Waals surface area contributed by atoms with Crippen molar-refractivity contribution in [3.05, 3.63) is 29.8 Å². The van der Waals surface area contributed by atoms with Gasteiger partial charge in [0.05, 0.1) is 12.1 Å². The molecule has 2 N–H and O–H groups in total. The van der Waals surface area contributed by atoms with Crippen LogP contribution in [0.15, 0.2) is 24.3 Å². The lowest BCUT2D eigenvalue weighted by Gasteiger charge is -2.33. The summed E-state index contributed by atoms with van der Waals surface area (Å²) in [6, 6.07) is 8.23. The molecule has 3 heteroatoms. The molecule has 1 aromatic rings. The minimum absolute atomic E-state index is 0.144. The van der Waals surface area contributed by atoms with E-state index >= 15 is 0 Å². The Bertz CT molecular complexity index is 417. The average Bonchev–Trinajstić information content (AvgIpc) is 3.33. The molecule has 1 atom stereocenters. The van der Waals surface area contributed by atoms with Crippen molar-refractivity contribution in [2.75, 3.05) is 19.8 Å². The Balaban J connectivity index is 2.00. The largest absolute Gasteiger partial charge is 0.492 e. The number of rotatable bonds is 9. The van der Waals surface area contributed by atoms with Gasteiger partial charge in [-0.15, -0.1) is 0 Å². The van der Waals surface area contributed by atoms with Gasteiger partial charge in [0.2, 0.25) is 0 Å². The Hall–Kier alpha value is -1.06. The predicted octanol–water partition coefficient (Wildman–Crippen LogP) is 2.77. The molecule has 0 aromatic heterocycles. The number of nitrogens with one attached hydrogen (secondary N) is 1. The van der Waals surface area contributed by atoms with Gasteiger partial charge in [-0.25, -0.2) is 0 Å². The van der Waals surface area contributed by atoms with Crippen LogP contribution >= 0.6 is 0 Å². The smallest absolute Gasteiger partial charge is 0.119 e. The van der Waals surface area contributed by atoms with E-state index < -0.39 is 0 Å². The Kier molecular flexibility index (Phi) is 5.44. The van der Waals surface area contributed by atoms with E-state index in [1.807, 2.05) is 12.1 Å². The first-order valence-corrected chi connectivity index (χ1v) is 7.81. The molecule has 112 valence electrons. The van der Waals surface area contributed by atoms with Crippen molar-refractivity contribution >= 4 is 0 Å². The van der Waals surface area contributed by atoms with Gasteiger partial charge in [0.25, 0.3) is 0 Å². The molecule has 1 aromatic carbocycles. The summed E-state index contributed by atoms with van der Waals surface area (Å²) in [6.45, 7) is 5.90. The van der Waals surface area contributed by atoms with Crippen molar-refractivity contribution in [2.24, 2.45) is 5.92 Å². The lowest BCUT2D eigenvalue weighted by atomic mass is 9.95. The van der Waals surface area contributed by atoms with Crippen molar-refractivity contribution in [3.63, 3.8) is 0 Å². The molecule has 1 fully saturated rings. The molecule has 1 aliphatic rings. The van der Waals surface area contributed by atoms with Crippen molar-refractivity contribution in [1.82, 2.24) is 5.32 Å². The quantitative estimate of drug-likeness (QED) is 0.729. The second-order valence-electron chi connectivity index (χ2n) is 5.80. The van der Waals surface area contributed by atoms with Gasteiger partial charge in [0, 0.05) is 0 Å². The fraction of sp³-hybridized carbons (Fsp3) is 0.647. The van der Waals surface area contributed by atoms with E-state index in [0.717, 1.165) is 25.1 Å². The van der Waals surface area contributed by atoms with Gasteiger partial charge in [-0.05, 0) is 55.8 Å². The average molecular weight is 277 g/mol. The highest BCUT2D eigenvalue weighted by Gasteiger charge is 2.45. The summed E-state index contributed by atoms with van der Waals surface area (Å²) < 4.78 is 5.98. The third kappa shape index (κ3) is 3.74.